The maximum atomic E-state index is 13.8. The van der Waals surface area contributed by atoms with Crippen molar-refractivity contribution in [3.8, 4) is 0 Å². The van der Waals surface area contributed by atoms with Crippen LogP contribution in [0.3, 0.4) is 0 Å². The molecule has 0 unspecified atom stereocenters. The molecule has 0 bridgehead atoms. The number of halogens is 2. The standard InChI is InChI=1S/C29H21F2N3O4S2/c1-15-2-12-20(13-3-15)34-26(36)23-22(16-4-6-17(30)7-5-16)25-28(39-24(23)27(34)37)33(29(38)40-25)14-21(35)32-19-10-8-18(31)9-11-19/h2-13,22-24H,14H2,1H3,(H,32,35)/t22-,23-,24+/m0/s1. The summed E-state index contributed by atoms with van der Waals surface area (Å²) >= 11 is 2.00. The summed E-state index contributed by atoms with van der Waals surface area (Å²) in [5, 5.41) is 2.22. The van der Waals surface area contributed by atoms with E-state index < -0.39 is 51.3 Å². The normalized spacial score (nSPS) is 19.9. The summed E-state index contributed by atoms with van der Waals surface area (Å²) in [7, 11) is 0. The minimum absolute atomic E-state index is 0.341. The lowest BCUT2D eigenvalue weighted by Crippen LogP contribution is -2.33. The van der Waals surface area contributed by atoms with E-state index >= 15 is 0 Å². The third-order valence-corrected chi connectivity index (χ3v) is 9.60. The topological polar surface area (TPSA) is 88.5 Å². The Morgan fingerprint density at radius 1 is 0.875 bits per heavy atom. The molecule has 1 fully saturated rings. The third-order valence-electron chi connectivity index (χ3n) is 7.00. The Hall–Kier alpha value is -4.09. The highest BCUT2D eigenvalue weighted by Gasteiger charge is 2.56. The molecule has 3 atom stereocenters. The van der Waals surface area contributed by atoms with Crippen LogP contribution in [0.1, 0.15) is 21.9 Å². The molecule has 6 rings (SSSR count). The number of nitrogens with one attached hydrogen (secondary N) is 1. The van der Waals surface area contributed by atoms with Crippen LogP contribution in [0.15, 0.2) is 82.6 Å². The van der Waals surface area contributed by atoms with E-state index in [0.717, 1.165) is 28.7 Å². The van der Waals surface area contributed by atoms with Crippen molar-refractivity contribution in [3.63, 3.8) is 0 Å². The molecule has 3 heterocycles. The van der Waals surface area contributed by atoms with Crippen LogP contribution in [0.25, 0.3) is 0 Å². The second-order valence-electron chi connectivity index (χ2n) is 9.62. The van der Waals surface area contributed by atoms with Gasteiger partial charge in [0.05, 0.1) is 16.6 Å². The Kier molecular flexibility index (Phi) is 6.63. The second kappa shape index (κ2) is 10.1. The van der Waals surface area contributed by atoms with Crippen LogP contribution in [-0.2, 0) is 20.9 Å². The number of benzene rings is 3. The first-order chi connectivity index (χ1) is 19.2. The number of imide groups is 1. The van der Waals surface area contributed by atoms with Crippen molar-refractivity contribution in [3.05, 3.63) is 110 Å². The van der Waals surface area contributed by atoms with Crippen molar-refractivity contribution in [2.75, 3.05) is 10.2 Å². The Morgan fingerprint density at radius 3 is 2.15 bits per heavy atom. The molecule has 0 saturated carbocycles. The number of thiazole rings is 1. The molecule has 7 nitrogen and oxygen atoms in total. The number of rotatable bonds is 5. The SMILES string of the molecule is Cc1ccc(N2C(=O)[C@H]3[C@H](c4ccc(F)cc4)c4sc(=O)n(CC(=O)Nc5ccc(F)cc5)c4S[C@H]3C2=O)cc1. The Balaban J connectivity index is 1.40. The van der Waals surface area contributed by atoms with Crippen LogP contribution in [0, 0.1) is 24.5 Å². The summed E-state index contributed by atoms with van der Waals surface area (Å²) in [5.74, 6) is -3.73. The molecule has 0 spiro atoms. The molecule has 3 amide bonds. The lowest BCUT2D eigenvalue weighted by molar-refractivity contribution is -0.122. The van der Waals surface area contributed by atoms with Gasteiger partial charge in [-0.3, -0.25) is 23.7 Å². The maximum Gasteiger partial charge on any atom is 0.308 e. The van der Waals surface area contributed by atoms with Crippen LogP contribution < -0.4 is 15.1 Å². The quantitative estimate of drug-likeness (QED) is 0.340. The van der Waals surface area contributed by atoms with Gasteiger partial charge >= 0.3 is 4.87 Å². The number of aromatic nitrogens is 1. The Morgan fingerprint density at radius 2 is 1.50 bits per heavy atom. The van der Waals surface area contributed by atoms with Crippen LogP contribution in [0.2, 0.25) is 0 Å². The van der Waals surface area contributed by atoms with Crippen molar-refractivity contribution in [1.82, 2.24) is 4.57 Å². The van der Waals surface area contributed by atoms with Crippen LogP contribution in [-0.4, -0.2) is 27.5 Å². The Bertz CT molecular complexity index is 1700. The summed E-state index contributed by atoms with van der Waals surface area (Å²) in [5.41, 5.74) is 2.39. The molecule has 202 valence electrons. The van der Waals surface area contributed by atoms with Crippen LogP contribution in [0.4, 0.5) is 20.2 Å². The zero-order valence-electron chi connectivity index (χ0n) is 21.0. The minimum atomic E-state index is -0.850. The zero-order chi connectivity index (χ0) is 28.1. The summed E-state index contributed by atoms with van der Waals surface area (Å²) in [6, 6.07) is 18.0. The third kappa shape index (κ3) is 4.54. The molecule has 1 N–H and O–H groups in total. The number of aryl methyl sites for hydroxylation is 1. The molecule has 0 aliphatic carbocycles. The van der Waals surface area contributed by atoms with E-state index in [9.17, 15) is 28.0 Å². The van der Waals surface area contributed by atoms with Gasteiger partial charge in [-0.2, -0.15) is 0 Å². The highest BCUT2D eigenvalue weighted by molar-refractivity contribution is 8.00. The largest absolute Gasteiger partial charge is 0.325 e. The van der Waals surface area contributed by atoms with Gasteiger partial charge in [-0.05, 0) is 61.0 Å². The molecule has 4 aromatic rings. The lowest BCUT2D eigenvalue weighted by atomic mass is 9.83. The number of amides is 3. The van der Waals surface area contributed by atoms with Gasteiger partial charge < -0.3 is 5.32 Å². The molecule has 1 aromatic heterocycles. The highest BCUT2D eigenvalue weighted by atomic mass is 32.2. The minimum Gasteiger partial charge on any atom is -0.325 e. The Labute approximate surface area is 235 Å². The highest BCUT2D eigenvalue weighted by Crippen LogP contribution is 2.53. The number of hydrogen-bond acceptors (Lipinski definition) is 6. The van der Waals surface area contributed by atoms with Gasteiger partial charge in [-0.1, -0.05) is 52.9 Å². The van der Waals surface area contributed by atoms with Crippen molar-refractivity contribution >= 4 is 52.2 Å². The van der Waals surface area contributed by atoms with Crippen molar-refractivity contribution in [2.24, 2.45) is 5.92 Å². The predicted molar refractivity (Wildman–Crippen MR) is 149 cm³/mol. The van der Waals surface area contributed by atoms with Crippen LogP contribution >= 0.6 is 23.1 Å². The van der Waals surface area contributed by atoms with Crippen molar-refractivity contribution < 1.29 is 23.2 Å². The number of anilines is 2. The fourth-order valence-corrected chi connectivity index (χ4v) is 7.88. The van der Waals surface area contributed by atoms with E-state index in [4.69, 9.17) is 0 Å². The first-order valence-corrected chi connectivity index (χ1v) is 14.1. The number of carbonyl (C=O) groups excluding carboxylic acids is 3. The molecular formula is C29H21F2N3O4S2. The summed E-state index contributed by atoms with van der Waals surface area (Å²) in [4.78, 5) is 54.9. The molecule has 3 aromatic carbocycles. The molecular weight excluding hydrogens is 556 g/mol. The van der Waals surface area contributed by atoms with Gasteiger partial charge in [-0.15, -0.1) is 0 Å². The van der Waals surface area contributed by atoms with Gasteiger partial charge in [0.25, 0.3) is 0 Å². The number of nitrogens with zero attached hydrogens (tertiary/aromatic N) is 2. The molecule has 11 heteroatoms. The van der Waals surface area contributed by atoms with Gasteiger partial charge in [0.2, 0.25) is 17.7 Å². The molecule has 1 saturated heterocycles. The molecule has 0 radical (unpaired) electrons. The fourth-order valence-electron chi connectivity index (χ4n) is 5.11. The number of thioether (sulfide) groups is 1. The molecule has 2 aliphatic rings. The van der Waals surface area contributed by atoms with Crippen molar-refractivity contribution in [1.29, 1.82) is 0 Å². The number of carbonyl (C=O) groups is 3. The number of hydrogen-bond donors (Lipinski definition) is 1. The van der Waals surface area contributed by atoms with E-state index in [0.29, 0.717) is 26.8 Å². The average molecular weight is 578 g/mol. The summed E-state index contributed by atoms with van der Waals surface area (Å²) in [6.45, 7) is 1.56. The summed E-state index contributed by atoms with van der Waals surface area (Å²) < 4.78 is 28.4. The van der Waals surface area contributed by atoms with Gasteiger partial charge in [0.15, 0.2) is 0 Å². The van der Waals surface area contributed by atoms with Gasteiger partial charge in [0, 0.05) is 16.5 Å². The zero-order valence-corrected chi connectivity index (χ0v) is 22.6. The van der Waals surface area contributed by atoms with E-state index in [1.165, 1.54) is 45.9 Å². The molecule has 40 heavy (non-hydrogen) atoms. The van der Waals surface area contributed by atoms with Gasteiger partial charge in [0.1, 0.15) is 23.4 Å². The smallest absolute Gasteiger partial charge is 0.308 e. The first kappa shape index (κ1) is 26.1. The monoisotopic (exact) mass is 577 g/mol. The predicted octanol–water partition coefficient (Wildman–Crippen LogP) is 4.93. The van der Waals surface area contributed by atoms with E-state index in [2.05, 4.69) is 5.32 Å². The number of fused-ring (bicyclic) bond motifs is 2. The van der Waals surface area contributed by atoms with Gasteiger partial charge in [-0.25, -0.2) is 13.7 Å². The van der Waals surface area contributed by atoms with E-state index in [-0.39, 0.29) is 6.54 Å². The van der Waals surface area contributed by atoms with Crippen molar-refractivity contribution in [2.45, 2.75) is 29.7 Å². The average Bonchev–Trinajstić information content (AvgIpc) is 3.37. The summed E-state index contributed by atoms with van der Waals surface area (Å²) in [6.07, 6.45) is 0. The first-order valence-electron chi connectivity index (χ1n) is 12.4. The maximum absolute atomic E-state index is 13.8. The van der Waals surface area contributed by atoms with E-state index in [1.807, 2.05) is 19.1 Å². The molecule has 2 aliphatic heterocycles. The van der Waals surface area contributed by atoms with E-state index in [1.54, 1.807) is 24.3 Å². The lowest BCUT2D eigenvalue weighted by Gasteiger charge is -2.30. The fraction of sp³-hybridized carbons (Fsp3) is 0.172. The van der Waals surface area contributed by atoms with Crippen LogP contribution in [0.5, 0.6) is 0 Å². The second-order valence-corrected chi connectivity index (χ2v) is 11.7.